The van der Waals surface area contributed by atoms with Crippen molar-refractivity contribution in [2.24, 2.45) is 0 Å². The zero-order chi connectivity index (χ0) is 12.7. The van der Waals surface area contributed by atoms with E-state index in [0.29, 0.717) is 11.8 Å². The molecule has 0 bridgehead atoms. The second-order valence-electron chi connectivity index (χ2n) is 4.72. The standard InChI is InChI=1S/C14H23NO2/c1-11(15-9-3-4-12(2)16)10-13-5-7-14(17)8-6-13/h5-8,11-12,15-17H,3-4,9-10H2,1-2H3. The largest absolute Gasteiger partial charge is 0.508 e. The number of hydrogen-bond donors (Lipinski definition) is 3. The molecule has 1 aromatic carbocycles. The molecule has 2 unspecified atom stereocenters. The fourth-order valence-electron chi connectivity index (χ4n) is 1.80. The normalized spacial score (nSPS) is 14.5. The number of benzene rings is 1. The van der Waals surface area contributed by atoms with Crippen molar-refractivity contribution in [3.05, 3.63) is 29.8 Å². The van der Waals surface area contributed by atoms with Crippen LogP contribution in [0.2, 0.25) is 0 Å². The van der Waals surface area contributed by atoms with Gasteiger partial charge in [-0.2, -0.15) is 0 Å². The smallest absolute Gasteiger partial charge is 0.115 e. The van der Waals surface area contributed by atoms with Gasteiger partial charge in [0.25, 0.3) is 0 Å². The van der Waals surface area contributed by atoms with Crippen molar-refractivity contribution in [2.45, 2.75) is 45.3 Å². The summed E-state index contributed by atoms with van der Waals surface area (Å²) in [7, 11) is 0. The van der Waals surface area contributed by atoms with Crippen molar-refractivity contribution in [3.63, 3.8) is 0 Å². The Labute approximate surface area is 103 Å². The number of phenolic OH excluding ortho intramolecular Hbond substituents is 1. The zero-order valence-corrected chi connectivity index (χ0v) is 10.7. The number of rotatable bonds is 7. The third-order valence-electron chi connectivity index (χ3n) is 2.77. The summed E-state index contributed by atoms with van der Waals surface area (Å²) < 4.78 is 0. The van der Waals surface area contributed by atoms with Gasteiger partial charge in [0.05, 0.1) is 6.10 Å². The lowest BCUT2D eigenvalue weighted by Crippen LogP contribution is -2.29. The topological polar surface area (TPSA) is 52.5 Å². The van der Waals surface area contributed by atoms with Crippen LogP contribution >= 0.6 is 0 Å². The minimum absolute atomic E-state index is 0.204. The fourth-order valence-corrected chi connectivity index (χ4v) is 1.80. The van der Waals surface area contributed by atoms with Gasteiger partial charge in [-0.25, -0.2) is 0 Å². The monoisotopic (exact) mass is 237 g/mol. The third-order valence-corrected chi connectivity index (χ3v) is 2.77. The van der Waals surface area contributed by atoms with E-state index >= 15 is 0 Å². The van der Waals surface area contributed by atoms with E-state index in [2.05, 4.69) is 12.2 Å². The van der Waals surface area contributed by atoms with Gasteiger partial charge in [-0.15, -0.1) is 0 Å². The Morgan fingerprint density at radius 2 is 1.82 bits per heavy atom. The van der Waals surface area contributed by atoms with E-state index in [-0.39, 0.29) is 6.10 Å². The Kier molecular flexibility index (Phi) is 6.01. The maximum atomic E-state index is 9.18. The van der Waals surface area contributed by atoms with E-state index in [1.54, 1.807) is 12.1 Å². The van der Waals surface area contributed by atoms with E-state index in [0.717, 1.165) is 25.8 Å². The van der Waals surface area contributed by atoms with Crippen LogP contribution < -0.4 is 5.32 Å². The minimum Gasteiger partial charge on any atom is -0.508 e. The highest BCUT2D eigenvalue weighted by atomic mass is 16.3. The molecule has 3 N–H and O–H groups in total. The number of aromatic hydroxyl groups is 1. The predicted octanol–water partition coefficient (Wildman–Crippen LogP) is 2.07. The first-order chi connectivity index (χ1) is 8.08. The lowest BCUT2D eigenvalue weighted by atomic mass is 10.1. The molecule has 0 aliphatic heterocycles. The molecule has 0 radical (unpaired) electrons. The highest BCUT2D eigenvalue weighted by Crippen LogP contribution is 2.11. The number of nitrogens with one attached hydrogen (secondary N) is 1. The van der Waals surface area contributed by atoms with Crippen molar-refractivity contribution >= 4 is 0 Å². The lowest BCUT2D eigenvalue weighted by molar-refractivity contribution is 0.181. The quantitative estimate of drug-likeness (QED) is 0.636. The molecule has 96 valence electrons. The van der Waals surface area contributed by atoms with Crippen LogP contribution in [-0.4, -0.2) is 28.9 Å². The molecule has 0 spiro atoms. The lowest BCUT2D eigenvalue weighted by Gasteiger charge is -2.14. The number of aliphatic hydroxyl groups excluding tert-OH is 1. The Morgan fingerprint density at radius 3 is 2.41 bits per heavy atom. The third kappa shape index (κ3) is 6.29. The van der Waals surface area contributed by atoms with Crippen molar-refractivity contribution in [1.82, 2.24) is 5.32 Å². The molecule has 0 saturated carbocycles. The van der Waals surface area contributed by atoms with Gasteiger partial charge < -0.3 is 15.5 Å². The molecule has 3 nitrogen and oxygen atoms in total. The maximum absolute atomic E-state index is 9.18. The fraction of sp³-hybridized carbons (Fsp3) is 0.571. The molecule has 0 amide bonds. The van der Waals surface area contributed by atoms with Gasteiger partial charge in [0.1, 0.15) is 5.75 Å². The summed E-state index contributed by atoms with van der Waals surface area (Å²) in [6.45, 7) is 4.90. The molecular weight excluding hydrogens is 214 g/mol. The van der Waals surface area contributed by atoms with Gasteiger partial charge in [-0.05, 0) is 57.4 Å². The van der Waals surface area contributed by atoms with Gasteiger partial charge in [0.2, 0.25) is 0 Å². The summed E-state index contributed by atoms with van der Waals surface area (Å²) in [6.07, 6.45) is 2.59. The molecule has 0 aliphatic rings. The van der Waals surface area contributed by atoms with Crippen LogP contribution in [0.15, 0.2) is 24.3 Å². The number of aliphatic hydroxyl groups is 1. The number of phenols is 1. The molecule has 2 atom stereocenters. The van der Waals surface area contributed by atoms with Gasteiger partial charge in [0.15, 0.2) is 0 Å². The molecule has 17 heavy (non-hydrogen) atoms. The van der Waals surface area contributed by atoms with Gasteiger partial charge >= 0.3 is 0 Å². The Morgan fingerprint density at radius 1 is 1.18 bits per heavy atom. The number of hydrogen-bond acceptors (Lipinski definition) is 3. The molecular formula is C14H23NO2. The Hall–Kier alpha value is -1.06. The minimum atomic E-state index is -0.204. The average Bonchev–Trinajstić information content (AvgIpc) is 2.27. The highest BCUT2D eigenvalue weighted by Gasteiger charge is 2.03. The summed E-state index contributed by atoms with van der Waals surface area (Å²) in [5.41, 5.74) is 1.22. The Bertz CT molecular complexity index is 309. The van der Waals surface area contributed by atoms with E-state index in [9.17, 15) is 5.11 Å². The van der Waals surface area contributed by atoms with E-state index in [1.807, 2.05) is 19.1 Å². The second-order valence-corrected chi connectivity index (χ2v) is 4.72. The summed E-state index contributed by atoms with van der Waals surface area (Å²) in [4.78, 5) is 0. The van der Waals surface area contributed by atoms with Crippen LogP contribution in [0.25, 0.3) is 0 Å². The molecule has 0 fully saturated rings. The van der Waals surface area contributed by atoms with E-state index in [1.165, 1.54) is 5.56 Å². The maximum Gasteiger partial charge on any atom is 0.115 e. The van der Waals surface area contributed by atoms with Crippen molar-refractivity contribution in [3.8, 4) is 5.75 Å². The first-order valence-electron chi connectivity index (χ1n) is 6.27. The van der Waals surface area contributed by atoms with E-state index in [4.69, 9.17) is 5.11 Å². The van der Waals surface area contributed by atoms with Crippen LogP contribution in [0.5, 0.6) is 5.75 Å². The predicted molar refractivity (Wildman–Crippen MR) is 70.2 cm³/mol. The van der Waals surface area contributed by atoms with Gasteiger partial charge in [-0.3, -0.25) is 0 Å². The molecule has 1 rings (SSSR count). The average molecular weight is 237 g/mol. The van der Waals surface area contributed by atoms with Crippen LogP contribution in [0, 0.1) is 0 Å². The van der Waals surface area contributed by atoms with Crippen LogP contribution in [0.3, 0.4) is 0 Å². The molecule has 3 heteroatoms. The first-order valence-corrected chi connectivity index (χ1v) is 6.27. The van der Waals surface area contributed by atoms with Gasteiger partial charge in [-0.1, -0.05) is 12.1 Å². The highest BCUT2D eigenvalue weighted by molar-refractivity contribution is 5.26. The summed E-state index contributed by atoms with van der Waals surface area (Å²) >= 11 is 0. The summed E-state index contributed by atoms with van der Waals surface area (Å²) in [6, 6.07) is 7.74. The zero-order valence-electron chi connectivity index (χ0n) is 10.7. The molecule has 0 saturated heterocycles. The van der Waals surface area contributed by atoms with Crippen LogP contribution in [-0.2, 0) is 6.42 Å². The van der Waals surface area contributed by atoms with Crippen molar-refractivity contribution < 1.29 is 10.2 Å². The first kappa shape index (κ1) is 14.0. The van der Waals surface area contributed by atoms with Crippen LogP contribution in [0.1, 0.15) is 32.3 Å². The SMILES string of the molecule is CC(O)CCCNC(C)Cc1ccc(O)cc1. The van der Waals surface area contributed by atoms with Crippen molar-refractivity contribution in [2.75, 3.05) is 6.54 Å². The van der Waals surface area contributed by atoms with Gasteiger partial charge in [0, 0.05) is 6.04 Å². The summed E-state index contributed by atoms with van der Waals surface area (Å²) in [5, 5.41) is 21.7. The van der Waals surface area contributed by atoms with Crippen molar-refractivity contribution in [1.29, 1.82) is 0 Å². The summed E-state index contributed by atoms with van der Waals surface area (Å²) in [5.74, 6) is 0.311. The second kappa shape index (κ2) is 7.30. The molecule has 0 aliphatic carbocycles. The van der Waals surface area contributed by atoms with Crippen LogP contribution in [0.4, 0.5) is 0 Å². The molecule has 0 heterocycles. The Balaban J connectivity index is 2.20. The molecule has 0 aromatic heterocycles. The molecule has 1 aromatic rings. The van der Waals surface area contributed by atoms with E-state index < -0.39 is 0 Å².